The van der Waals surface area contributed by atoms with Crippen molar-refractivity contribution in [1.29, 1.82) is 0 Å². The number of rotatable bonds is 2. The van der Waals surface area contributed by atoms with Crippen LogP contribution in [0.3, 0.4) is 0 Å². The first-order chi connectivity index (χ1) is 9.58. The second kappa shape index (κ2) is 4.78. The summed E-state index contributed by atoms with van der Waals surface area (Å²) in [6.45, 7) is 8.55. The minimum absolute atomic E-state index is 0.999. The molecule has 0 aliphatic carbocycles. The van der Waals surface area contributed by atoms with Gasteiger partial charge in [0.15, 0.2) is 0 Å². The molecule has 3 aromatic rings. The van der Waals surface area contributed by atoms with Gasteiger partial charge < -0.3 is 4.40 Å². The van der Waals surface area contributed by atoms with Gasteiger partial charge >= 0.3 is 0 Å². The molecule has 2 aromatic heterocycles. The van der Waals surface area contributed by atoms with Gasteiger partial charge in [0.05, 0.1) is 5.69 Å². The molecular formula is C18H20N2. The van der Waals surface area contributed by atoms with Crippen LogP contribution in [0, 0.1) is 20.8 Å². The third-order valence-corrected chi connectivity index (χ3v) is 3.97. The molecule has 0 aliphatic rings. The predicted octanol–water partition coefficient (Wildman–Crippen LogP) is 4.49. The molecule has 2 heteroatoms. The van der Waals surface area contributed by atoms with Crippen molar-refractivity contribution in [1.82, 2.24) is 9.38 Å². The zero-order chi connectivity index (χ0) is 14.3. The average molecular weight is 264 g/mol. The summed E-state index contributed by atoms with van der Waals surface area (Å²) in [5, 5.41) is 0. The molecule has 0 bridgehead atoms. The number of imidazole rings is 1. The average Bonchev–Trinajstić information content (AvgIpc) is 2.80. The Morgan fingerprint density at radius 1 is 0.950 bits per heavy atom. The van der Waals surface area contributed by atoms with Crippen LogP contribution >= 0.6 is 0 Å². The van der Waals surface area contributed by atoms with Crippen LogP contribution in [0.5, 0.6) is 0 Å². The van der Waals surface area contributed by atoms with Gasteiger partial charge in [0, 0.05) is 12.4 Å². The van der Waals surface area contributed by atoms with E-state index in [4.69, 9.17) is 0 Å². The van der Waals surface area contributed by atoms with Crippen molar-refractivity contribution in [2.24, 2.45) is 0 Å². The van der Waals surface area contributed by atoms with Gasteiger partial charge in [-0.3, -0.25) is 0 Å². The summed E-state index contributed by atoms with van der Waals surface area (Å²) in [5.41, 5.74) is 8.65. The van der Waals surface area contributed by atoms with Gasteiger partial charge in [0.1, 0.15) is 5.65 Å². The van der Waals surface area contributed by atoms with Crippen molar-refractivity contribution in [3.63, 3.8) is 0 Å². The highest BCUT2D eigenvalue weighted by Crippen LogP contribution is 2.25. The zero-order valence-electron chi connectivity index (χ0n) is 12.6. The summed E-state index contributed by atoms with van der Waals surface area (Å²) >= 11 is 0. The molecule has 2 nitrogen and oxygen atoms in total. The number of aryl methyl sites for hydroxylation is 4. The fraction of sp³-hybridized carbons (Fsp3) is 0.278. The maximum atomic E-state index is 4.61. The maximum absolute atomic E-state index is 4.61. The van der Waals surface area contributed by atoms with Crippen molar-refractivity contribution >= 4 is 5.65 Å². The van der Waals surface area contributed by atoms with Crippen LogP contribution in [0.1, 0.15) is 29.3 Å². The second-order valence-corrected chi connectivity index (χ2v) is 5.52. The molecule has 102 valence electrons. The monoisotopic (exact) mass is 264 g/mol. The van der Waals surface area contributed by atoms with Crippen LogP contribution in [-0.2, 0) is 6.42 Å². The van der Waals surface area contributed by atoms with Crippen LogP contribution in [0.4, 0.5) is 0 Å². The molecular weight excluding hydrogens is 244 g/mol. The Morgan fingerprint density at radius 3 is 2.45 bits per heavy atom. The quantitative estimate of drug-likeness (QED) is 0.666. The van der Waals surface area contributed by atoms with Gasteiger partial charge in [-0.25, -0.2) is 4.98 Å². The van der Waals surface area contributed by atoms with Gasteiger partial charge in [0.2, 0.25) is 0 Å². The molecule has 0 amide bonds. The fourth-order valence-corrected chi connectivity index (χ4v) is 2.63. The van der Waals surface area contributed by atoms with E-state index in [1.807, 2.05) is 6.92 Å². The van der Waals surface area contributed by atoms with E-state index >= 15 is 0 Å². The Hall–Kier alpha value is -2.09. The summed E-state index contributed by atoms with van der Waals surface area (Å²) in [6.07, 6.45) is 5.27. The molecule has 0 saturated carbocycles. The number of nitrogens with zero attached hydrogens (tertiary/aromatic N) is 2. The fourth-order valence-electron chi connectivity index (χ4n) is 2.63. The van der Waals surface area contributed by atoms with Crippen LogP contribution < -0.4 is 0 Å². The molecule has 0 unspecified atom stereocenters. The van der Waals surface area contributed by atoms with Crippen molar-refractivity contribution in [3.8, 4) is 11.1 Å². The van der Waals surface area contributed by atoms with E-state index in [1.54, 1.807) is 0 Å². The number of hydrogen-bond donors (Lipinski definition) is 0. The Bertz CT molecular complexity index is 781. The van der Waals surface area contributed by atoms with Gasteiger partial charge in [-0.15, -0.1) is 0 Å². The Kier molecular flexibility index (Phi) is 3.09. The molecule has 3 rings (SSSR count). The predicted molar refractivity (Wildman–Crippen MR) is 84.2 cm³/mol. The first-order valence-electron chi connectivity index (χ1n) is 7.14. The Morgan fingerprint density at radius 2 is 1.75 bits per heavy atom. The molecule has 1 aromatic carbocycles. The standard InChI is InChI=1S/C18H20N2/c1-5-15-9-17(11-20-10-14(4)19-18(15)20)16-7-6-12(2)13(3)8-16/h6-11H,5H2,1-4H3. The van der Waals surface area contributed by atoms with Gasteiger partial charge in [-0.05, 0) is 61.1 Å². The lowest BCUT2D eigenvalue weighted by molar-refractivity contribution is 1.09. The lowest BCUT2D eigenvalue weighted by atomic mass is 10.0. The molecule has 20 heavy (non-hydrogen) atoms. The van der Waals surface area contributed by atoms with E-state index in [1.165, 1.54) is 27.8 Å². The maximum Gasteiger partial charge on any atom is 0.140 e. The second-order valence-electron chi connectivity index (χ2n) is 5.52. The summed E-state index contributed by atoms with van der Waals surface area (Å²) in [5.74, 6) is 0. The van der Waals surface area contributed by atoms with Crippen LogP contribution in [0.25, 0.3) is 16.8 Å². The molecule has 0 saturated heterocycles. The smallest absolute Gasteiger partial charge is 0.140 e. The Balaban J connectivity index is 2.22. The third kappa shape index (κ3) is 2.11. The summed E-state index contributed by atoms with van der Waals surface area (Å²) < 4.78 is 2.15. The van der Waals surface area contributed by atoms with Crippen LogP contribution in [0.2, 0.25) is 0 Å². The van der Waals surface area contributed by atoms with E-state index in [0.29, 0.717) is 0 Å². The van der Waals surface area contributed by atoms with Gasteiger partial charge in [-0.2, -0.15) is 0 Å². The number of fused-ring (bicyclic) bond motifs is 1. The number of hydrogen-bond acceptors (Lipinski definition) is 1. The van der Waals surface area contributed by atoms with Crippen LogP contribution in [0.15, 0.2) is 36.7 Å². The minimum atomic E-state index is 0.999. The largest absolute Gasteiger partial charge is 0.306 e. The van der Waals surface area contributed by atoms with Gasteiger partial charge in [-0.1, -0.05) is 25.1 Å². The van der Waals surface area contributed by atoms with Gasteiger partial charge in [0.25, 0.3) is 0 Å². The topological polar surface area (TPSA) is 17.3 Å². The molecule has 0 spiro atoms. The van der Waals surface area contributed by atoms with E-state index in [9.17, 15) is 0 Å². The van der Waals surface area contributed by atoms with E-state index in [-0.39, 0.29) is 0 Å². The molecule has 0 atom stereocenters. The lowest BCUT2D eigenvalue weighted by Gasteiger charge is -2.09. The first kappa shape index (κ1) is 12.9. The van der Waals surface area contributed by atoms with E-state index in [2.05, 4.69) is 66.8 Å². The van der Waals surface area contributed by atoms with Crippen molar-refractivity contribution in [3.05, 3.63) is 59.0 Å². The number of pyridine rings is 1. The van der Waals surface area contributed by atoms with Crippen molar-refractivity contribution in [2.45, 2.75) is 34.1 Å². The number of benzene rings is 1. The van der Waals surface area contributed by atoms with Crippen molar-refractivity contribution < 1.29 is 0 Å². The molecule has 0 N–H and O–H groups in total. The third-order valence-electron chi connectivity index (χ3n) is 3.97. The zero-order valence-corrected chi connectivity index (χ0v) is 12.6. The van der Waals surface area contributed by atoms with Crippen LogP contribution in [-0.4, -0.2) is 9.38 Å². The normalized spacial score (nSPS) is 11.2. The Labute approximate surface area is 120 Å². The SMILES string of the molecule is CCc1cc(-c2ccc(C)c(C)c2)cn2cc(C)nc12. The molecule has 0 radical (unpaired) electrons. The highest BCUT2D eigenvalue weighted by molar-refractivity contribution is 5.68. The highest BCUT2D eigenvalue weighted by atomic mass is 15.0. The lowest BCUT2D eigenvalue weighted by Crippen LogP contribution is -1.93. The first-order valence-corrected chi connectivity index (χ1v) is 7.14. The highest BCUT2D eigenvalue weighted by Gasteiger charge is 2.08. The van der Waals surface area contributed by atoms with Crippen molar-refractivity contribution in [2.75, 3.05) is 0 Å². The minimum Gasteiger partial charge on any atom is -0.306 e. The molecule has 0 fully saturated rings. The van der Waals surface area contributed by atoms with E-state index in [0.717, 1.165) is 17.8 Å². The number of aromatic nitrogens is 2. The molecule has 2 heterocycles. The summed E-state index contributed by atoms with van der Waals surface area (Å²) in [4.78, 5) is 4.61. The van der Waals surface area contributed by atoms with E-state index < -0.39 is 0 Å². The summed E-state index contributed by atoms with van der Waals surface area (Å²) in [7, 11) is 0. The molecule has 0 aliphatic heterocycles. The summed E-state index contributed by atoms with van der Waals surface area (Å²) in [6, 6.07) is 8.93.